The number of methoxy groups -OCH3 is 1. The number of carbonyl (C=O) groups excluding carboxylic acids is 4. The van der Waals surface area contributed by atoms with Gasteiger partial charge in [-0.2, -0.15) is 0 Å². The van der Waals surface area contributed by atoms with E-state index in [9.17, 15) is 19.2 Å². The molecule has 1 spiro atoms. The summed E-state index contributed by atoms with van der Waals surface area (Å²) in [7, 11) is 1.44. The topological polar surface area (TPSA) is 90.0 Å². The van der Waals surface area contributed by atoms with Crippen LogP contribution in [0.3, 0.4) is 0 Å². The van der Waals surface area contributed by atoms with Gasteiger partial charge in [-0.05, 0) is 30.3 Å². The molecule has 0 saturated carbocycles. The molecule has 7 nitrogen and oxygen atoms in total. The third kappa shape index (κ3) is 2.85. The molecule has 3 aliphatic rings. The van der Waals surface area contributed by atoms with E-state index < -0.39 is 46.9 Å². The second kappa shape index (κ2) is 8.00. The maximum absolute atomic E-state index is 13.9. The average molecular weight is 522 g/mol. The largest absolute Gasteiger partial charge is 0.495 e. The van der Waals surface area contributed by atoms with Crippen LogP contribution in [-0.4, -0.2) is 36.1 Å². The van der Waals surface area contributed by atoms with Gasteiger partial charge < -0.3 is 9.47 Å². The summed E-state index contributed by atoms with van der Waals surface area (Å²) in [5, 5.41) is 0.594. The van der Waals surface area contributed by atoms with E-state index in [1.807, 2.05) is 0 Å². The van der Waals surface area contributed by atoms with E-state index in [0.717, 1.165) is 4.90 Å². The Morgan fingerprint density at radius 1 is 0.833 bits per heavy atom. The lowest BCUT2D eigenvalue weighted by molar-refractivity contribution is -0.127. The van der Waals surface area contributed by atoms with Gasteiger partial charge in [0.1, 0.15) is 5.75 Å². The fourth-order valence-corrected chi connectivity index (χ4v) is 5.99. The van der Waals surface area contributed by atoms with Gasteiger partial charge in [0.25, 0.3) is 0 Å². The average Bonchev–Trinajstić information content (AvgIpc) is 3.45. The molecular weight excluding hydrogens is 505 g/mol. The summed E-state index contributed by atoms with van der Waals surface area (Å²) in [5.74, 6) is -4.78. The second-order valence-electron chi connectivity index (χ2n) is 8.83. The molecule has 3 atom stereocenters. The summed E-state index contributed by atoms with van der Waals surface area (Å²) < 4.78 is 11.6. The van der Waals surface area contributed by atoms with Crippen LogP contribution in [0.15, 0.2) is 66.7 Å². The first-order valence-electron chi connectivity index (χ1n) is 11.1. The highest BCUT2D eigenvalue weighted by Gasteiger charge is 2.75. The van der Waals surface area contributed by atoms with Gasteiger partial charge in [-0.1, -0.05) is 59.6 Å². The van der Waals surface area contributed by atoms with E-state index in [4.69, 9.17) is 32.7 Å². The molecule has 2 heterocycles. The quantitative estimate of drug-likeness (QED) is 0.366. The Labute approximate surface area is 215 Å². The van der Waals surface area contributed by atoms with Gasteiger partial charge in [0.15, 0.2) is 0 Å². The number of amides is 2. The lowest BCUT2D eigenvalue weighted by Crippen LogP contribution is -2.51. The van der Waals surface area contributed by atoms with Crippen LogP contribution in [0.25, 0.3) is 0 Å². The molecule has 2 fully saturated rings. The molecule has 3 aromatic rings. The molecule has 9 heteroatoms. The van der Waals surface area contributed by atoms with Crippen LogP contribution in [0, 0.1) is 11.8 Å². The molecular formula is C27H17Cl2NO6. The summed E-state index contributed by atoms with van der Waals surface area (Å²) in [6, 6.07) is 17.4. The van der Waals surface area contributed by atoms with Crippen molar-refractivity contribution in [2.75, 3.05) is 12.0 Å². The fourth-order valence-electron chi connectivity index (χ4n) is 5.55. The Hall–Kier alpha value is -3.52. The standard InChI is InChI=1S/C27H17Cl2NO6/c1-35-18-8-4-7-17(21(18)29)22-19-20(26(34)30(25(19)33)14-11-9-13(28)10-12-14)27(36-22)23(31)15-5-2-3-6-16(15)24(27)32/h2-12,19-20,22H,1H3. The molecule has 0 radical (unpaired) electrons. The van der Waals surface area contributed by atoms with Crippen LogP contribution in [0.5, 0.6) is 5.75 Å². The normalized spacial score (nSPS) is 24.0. The summed E-state index contributed by atoms with van der Waals surface area (Å²) in [4.78, 5) is 56.3. The molecule has 1 aliphatic carbocycles. The first kappa shape index (κ1) is 22.9. The fraction of sp³-hybridized carbons (Fsp3) is 0.185. The van der Waals surface area contributed by atoms with Crippen molar-refractivity contribution in [2.24, 2.45) is 11.8 Å². The molecule has 36 heavy (non-hydrogen) atoms. The Morgan fingerprint density at radius 3 is 2.08 bits per heavy atom. The highest BCUT2D eigenvalue weighted by molar-refractivity contribution is 6.37. The van der Waals surface area contributed by atoms with Crippen molar-refractivity contribution in [3.63, 3.8) is 0 Å². The molecule has 0 aromatic heterocycles. The zero-order valence-electron chi connectivity index (χ0n) is 18.7. The van der Waals surface area contributed by atoms with E-state index in [-0.39, 0.29) is 21.8 Å². The van der Waals surface area contributed by atoms with Crippen molar-refractivity contribution in [1.29, 1.82) is 0 Å². The number of carbonyl (C=O) groups is 4. The van der Waals surface area contributed by atoms with Crippen LogP contribution < -0.4 is 9.64 Å². The summed E-state index contributed by atoms with van der Waals surface area (Å²) in [6.07, 6.45) is -1.14. The van der Waals surface area contributed by atoms with Crippen molar-refractivity contribution in [3.8, 4) is 5.75 Å². The Kier molecular flexibility index (Phi) is 5.09. The molecule has 2 saturated heterocycles. The Balaban J connectivity index is 1.56. The number of ether oxygens (including phenoxy) is 2. The smallest absolute Gasteiger partial charge is 0.241 e. The number of anilines is 1. The summed E-state index contributed by atoms with van der Waals surface area (Å²) >= 11 is 12.6. The monoisotopic (exact) mass is 521 g/mol. The van der Waals surface area contributed by atoms with Crippen molar-refractivity contribution < 1.29 is 28.7 Å². The van der Waals surface area contributed by atoms with Crippen molar-refractivity contribution >= 4 is 52.3 Å². The molecule has 180 valence electrons. The summed E-state index contributed by atoms with van der Waals surface area (Å²) in [5.41, 5.74) is -1.24. The molecule has 2 amide bonds. The first-order chi connectivity index (χ1) is 17.3. The van der Waals surface area contributed by atoms with Crippen LogP contribution in [0.4, 0.5) is 5.69 Å². The third-order valence-corrected chi connectivity index (χ3v) is 7.78. The number of rotatable bonds is 3. The molecule has 3 unspecified atom stereocenters. The Bertz CT molecular complexity index is 1450. The van der Waals surface area contributed by atoms with Gasteiger partial charge >= 0.3 is 0 Å². The predicted molar refractivity (Wildman–Crippen MR) is 131 cm³/mol. The number of hydrogen-bond donors (Lipinski definition) is 0. The number of ketones is 2. The zero-order valence-corrected chi connectivity index (χ0v) is 20.2. The number of imide groups is 1. The van der Waals surface area contributed by atoms with Gasteiger partial charge in [-0.15, -0.1) is 0 Å². The number of hydrogen-bond acceptors (Lipinski definition) is 6. The van der Waals surface area contributed by atoms with Crippen LogP contribution in [0.2, 0.25) is 10.0 Å². The SMILES string of the molecule is COc1cccc(C2OC3(C(=O)c4ccccc4C3=O)C3C(=O)N(c4ccc(Cl)cc4)C(=O)C23)c1Cl. The minimum Gasteiger partial charge on any atom is -0.495 e. The van der Waals surface area contributed by atoms with Crippen molar-refractivity contribution in [1.82, 2.24) is 0 Å². The van der Waals surface area contributed by atoms with E-state index in [2.05, 4.69) is 0 Å². The van der Waals surface area contributed by atoms with Gasteiger partial charge in [0.05, 0.1) is 35.8 Å². The first-order valence-corrected chi connectivity index (χ1v) is 11.9. The van der Waals surface area contributed by atoms with E-state index in [1.54, 1.807) is 42.5 Å². The van der Waals surface area contributed by atoms with Crippen molar-refractivity contribution in [3.05, 3.63) is 93.5 Å². The molecule has 2 aliphatic heterocycles. The molecule has 6 rings (SSSR count). The van der Waals surface area contributed by atoms with E-state index in [0.29, 0.717) is 16.3 Å². The minimum atomic E-state index is -2.18. The van der Waals surface area contributed by atoms with Crippen LogP contribution >= 0.6 is 23.2 Å². The van der Waals surface area contributed by atoms with Gasteiger partial charge in [0, 0.05) is 21.7 Å². The predicted octanol–water partition coefficient (Wildman–Crippen LogP) is 4.70. The molecule has 0 bridgehead atoms. The summed E-state index contributed by atoms with van der Waals surface area (Å²) in [6.45, 7) is 0. The highest BCUT2D eigenvalue weighted by atomic mass is 35.5. The van der Waals surface area contributed by atoms with Gasteiger partial charge in [-0.3, -0.25) is 19.2 Å². The Morgan fingerprint density at radius 2 is 1.47 bits per heavy atom. The highest BCUT2D eigenvalue weighted by Crippen LogP contribution is 2.58. The van der Waals surface area contributed by atoms with Gasteiger partial charge in [-0.25, -0.2) is 4.90 Å². The lowest BCUT2D eigenvalue weighted by atomic mass is 9.77. The number of halogens is 2. The minimum absolute atomic E-state index is 0.156. The maximum Gasteiger partial charge on any atom is 0.241 e. The van der Waals surface area contributed by atoms with Crippen molar-refractivity contribution in [2.45, 2.75) is 11.7 Å². The number of fused-ring (bicyclic) bond motifs is 3. The lowest BCUT2D eigenvalue weighted by Gasteiger charge is -2.27. The van der Waals surface area contributed by atoms with Crippen LogP contribution in [-0.2, 0) is 14.3 Å². The maximum atomic E-state index is 13.9. The van der Waals surface area contributed by atoms with E-state index >= 15 is 0 Å². The van der Waals surface area contributed by atoms with E-state index in [1.165, 1.54) is 31.4 Å². The van der Waals surface area contributed by atoms with Crippen LogP contribution in [0.1, 0.15) is 32.4 Å². The molecule has 3 aromatic carbocycles. The number of nitrogens with zero attached hydrogens (tertiary/aromatic N) is 1. The second-order valence-corrected chi connectivity index (χ2v) is 9.65. The molecule has 0 N–H and O–H groups in total. The number of benzene rings is 3. The third-order valence-electron chi connectivity index (χ3n) is 7.12. The number of Topliss-reactive ketones (excluding diaryl/α,β-unsaturated/α-hetero) is 2. The zero-order chi connectivity index (χ0) is 25.4. The van der Waals surface area contributed by atoms with Gasteiger partial charge in [0.2, 0.25) is 29.0 Å².